The van der Waals surface area contributed by atoms with E-state index in [4.69, 9.17) is 4.74 Å². The lowest BCUT2D eigenvalue weighted by Gasteiger charge is -2.25. The number of hydrogen-bond acceptors (Lipinski definition) is 7. The number of anilines is 1. The van der Waals surface area contributed by atoms with Crippen LogP contribution in [0.1, 0.15) is 16.1 Å². The molecule has 0 radical (unpaired) electrons. The van der Waals surface area contributed by atoms with Crippen LogP contribution < -0.4 is 5.32 Å². The number of nitro benzene ring substituents is 1. The molecule has 0 bridgehead atoms. The summed E-state index contributed by atoms with van der Waals surface area (Å²) >= 11 is 1.30. The second kappa shape index (κ2) is 7.47. The summed E-state index contributed by atoms with van der Waals surface area (Å²) < 4.78 is 5.30. The number of aromatic nitrogens is 1. The van der Waals surface area contributed by atoms with E-state index in [9.17, 15) is 14.9 Å². The SMILES string of the molecule is O=C(Nc1nc(CN2CCOCC2)cs1)c1ccccc1[N+](=O)[O-]. The monoisotopic (exact) mass is 348 g/mol. The van der Waals surface area contributed by atoms with Crippen molar-refractivity contribution in [3.63, 3.8) is 0 Å². The van der Waals surface area contributed by atoms with Crippen LogP contribution in [0.15, 0.2) is 29.6 Å². The molecule has 0 unspecified atom stereocenters. The van der Waals surface area contributed by atoms with Gasteiger partial charge in [0, 0.05) is 31.1 Å². The summed E-state index contributed by atoms with van der Waals surface area (Å²) in [5, 5.41) is 15.9. The van der Waals surface area contributed by atoms with Crippen molar-refractivity contribution < 1.29 is 14.5 Å². The summed E-state index contributed by atoms with van der Waals surface area (Å²) in [7, 11) is 0. The van der Waals surface area contributed by atoms with E-state index in [1.54, 1.807) is 6.07 Å². The highest BCUT2D eigenvalue weighted by molar-refractivity contribution is 7.14. The van der Waals surface area contributed by atoms with Crippen molar-refractivity contribution in [1.82, 2.24) is 9.88 Å². The molecule has 0 atom stereocenters. The van der Waals surface area contributed by atoms with Crippen LogP contribution in [-0.2, 0) is 11.3 Å². The molecule has 2 aromatic rings. The molecule has 126 valence electrons. The highest BCUT2D eigenvalue weighted by Gasteiger charge is 2.20. The van der Waals surface area contributed by atoms with Gasteiger partial charge in [0.15, 0.2) is 5.13 Å². The van der Waals surface area contributed by atoms with Crippen LogP contribution in [0, 0.1) is 10.1 Å². The minimum absolute atomic E-state index is 0.0208. The lowest BCUT2D eigenvalue weighted by molar-refractivity contribution is -0.385. The van der Waals surface area contributed by atoms with Crippen LogP contribution in [0.3, 0.4) is 0 Å². The number of benzene rings is 1. The van der Waals surface area contributed by atoms with E-state index < -0.39 is 10.8 Å². The molecule has 1 aliphatic heterocycles. The number of carbonyl (C=O) groups is 1. The molecule has 1 saturated heterocycles. The van der Waals surface area contributed by atoms with Crippen molar-refractivity contribution in [2.45, 2.75) is 6.54 Å². The third-order valence-corrected chi connectivity index (χ3v) is 4.41. The van der Waals surface area contributed by atoms with Crippen LogP contribution in [0.4, 0.5) is 10.8 Å². The van der Waals surface area contributed by atoms with E-state index in [2.05, 4.69) is 15.2 Å². The van der Waals surface area contributed by atoms with E-state index in [-0.39, 0.29) is 11.3 Å². The molecule has 24 heavy (non-hydrogen) atoms. The lowest BCUT2D eigenvalue weighted by atomic mass is 10.1. The molecule has 1 fully saturated rings. The molecule has 9 heteroatoms. The van der Waals surface area contributed by atoms with E-state index >= 15 is 0 Å². The van der Waals surface area contributed by atoms with Gasteiger partial charge in [-0.25, -0.2) is 4.98 Å². The van der Waals surface area contributed by atoms with E-state index in [1.165, 1.54) is 29.5 Å². The van der Waals surface area contributed by atoms with Crippen molar-refractivity contribution in [3.8, 4) is 0 Å². The number of nitrogens with one attached hydrogen (secondary N) is 1. The first-order chi connectivity index (χ1) is 11.6. The third-order valence-electron chi connectivity index (χ3n) is 3.61. The summed E-state index contributed by atoms with van der Waals surface area (Å²) in [5.41, 5.74) is 0.660. The molecule has 1 aromatic heterocycles. The Bertz CT molecular complexity index is 743. The number of carbonyl (C=O) groups excluding carboxylic acids is 1. The number of morpholine rings is 1. The van der Waals surface area contributed by atoms with Crippen molar-refractivity contribution in [2.24, 2.45) is 0 Å². The van der Waals surface area contributed by atoms with Crippen LogP contribution in [0.5, 0.6) is 0 Å². The van der Waals surface area contributed by atoms with Crippen LogP contribution in [0.25, 0.3) is 0 Å². The number of para-hydroxylation sites is 1. The molecule has 8 nitrogen and oxygen atoms in total. The summed E-state index contributed by atoms with van der Waals surface area (Å²) in [6.45, 7) is 3.84. The highest BCUT2D eigenvalue weighted by atomic mass is 32.1. The maximum atomic E-state index is 12.3. The Hall–Kier alpha value is -2.36. The first-order valence-electron chi connectivity index (χ1n) is 7.43. The van der Waals surface area contributed by atoms with Gasteiger partial charge in [-0.2, -0.15) is 0 Å². The fourth-order valence-corrected chi connectivity index (χ4v) is 3.11. The molecule has 1 amide bonds. The first kappa shape index (κ1) is 16.5. The van der Waals surface area contributed by atoms with Gasteiger partial charge in [0.2, 0.25) is 0 Å². The van der Waals surface area contributed by atoms with Gasteiger partial charge in [-0.05, 0) is 6.07 Å². The largest absolute Gasteiger partial charge is 0.379 e. The van der Waals surface area contributed by atoms with E-state index in [0.717, 1.165) is 18.8 Å². The van der Waals surface area contributed by atoms with Gasteiger partial charge in [0.05, 0.1) is 23.8 Å². The number of nitrogens with zero attached hydrogens (tertiary/aromatic N) is 3. The second-order valence-electron chi connectivity index (χ2n) is 5.26. The number of hydrogen-bond donors (Lipinski definition) is 1. The van der Waals surface area contributed by atoms with Crippen molar-refractivity contribution in [2.75, 3.05) is 31.6 Å². The summed E-state index contributed by atoms with van der Waals surface area (Å²) in [6, 6.07) is 5.85. The Morgan fingerprint density at radius 3 is 2.88 bits per heavy atom. The van der Waals surface area contributed by atoms with Crippen molar-refractivity contribution in [1.29, 1.82) is 0 Å². The minimum Gasteiger partial charge on any atom is -0.379 e. The number of amides is 1. The topological polar surface area (TPSA) is 97.6 Å². The third kappa shape index (κ3) is 3.94. The van der Waals surface area contributed by atoms with Gasteiger partial charge in [-0.1, -0.05) is 12.1 Å². The zero-order valence-electron chi connectivity index (χ0n) is 12.8. The fourth-order valence-electron chi connectivity index (χ4n) is 2.41. The summed E-state index contributed by atoms with van der Waals surface area (Å²) in [6.07, 6.45) is 0. The Kier molecular flexibility index (Phi) is 5.14. The first-order valence-corrected chi connectivity index (χ1v) is 8.31. The number of thiazole rings is 1. The maximum absolute atomic E-state index is 12.3. The molecule has 1 aromatic carbocycles. The Labute approximate surface area is 142 Å². The van der Waals surface area contributed by atoms with Crippen LogP contribution in [-0.4, -0.2) is 47.0 Å². The van der Waals surface area contributed by atoms with Gasteiger partial charge < -0.3 is 4.74 Å². The van der Waals surface area contributed by atoms with Crippen LogP contribution in [0.2, 0.25) is 0 Å². The van der Waals surface area contributed by atoms with E-state index in [0.29, 0.717) is 24.9 Å². The molecule has 0 spiro atoms. The molecule has 3 rings (SSSR count). The molecular weight excluding hydrogens is 332 g/mol. The quantitative estimate of drug-likeness (QED) is 0.657. The predicted octanol–water partition coefficient (Wildman–Crippen LogP) is 2.14. The molecular formula is C15H16N4O4S. The fraction of sp³-hybridized carbons (Fsp3) is 0.333. The number of rotatable bonds is 5. The van der Waals surface area contributed by atoms with Crippen molar-refractivity contribution in [3.05, 3.63) is 51.0 Å². The molecule has 0 aliphatic carbocycles. The zero-order valence-corrected chi connectivity index (χ0v) is 13.6. The molecule has 1 N–H and O–H groups in total. The van der Waals surface area contributed by atoms with Crippen LogP contribution >= 0.6 is 11.3 Å². The number of ether oxygens (including phenoxy) is 1. The molecule has 2 heterocycles. The smallest absolute Gasteiger partial charge is 0.282 e. The molecule has 1 aliphatic rings. The Morgan fingerprint density at radius 2 is 2.12 bits per heavy atom. The van der Waals surface area contributed by atoms with Gasteiger partial charge in [0.25, 0.3) is 11.6 Å². The highest BCUT2D eigenvalue weighted by Crippen LogP contribution is 2.22. The summed E-state index contributed by atoms with van der Waals surface area (Å²) in [4.78, 5) is 29.3. The second-order valence-corrected chi connectivity index (χ2v) is 6.12. The summed E-state index contributed by atoms with van der Waals surface area (Å²) in [5.74, 6) is -0.533. The van der Waals surface area contributed by atoms with Gasteiger partial charge >= 0.3 is 0 Å². The minimum atomic E-state index is -0.569. The predicted molar refractivity (Wildman–Crippen MR) is 89.3 cm³/mol. The molecule has 0 saturated carbocycles. The number of nitro groups is 1. The Morgan fingerprint density at radius 1 is 1.38 bits per heavy atom. The zero-order chi connectivity index (χ0) is 16.9. The standard InChI is InChI=1S/C15H16N4O4S/c20-14(12-3-1-2-4-13(12)19(21)22)17-15-16-11(10-24-15)9-18-5-7-23-8-6-18/h1-4,10H,5-9H2,(H,16,17,20). The van der Waals surface area contributed by atoms with Gasteiger partial charge in [0.1, 0.15) is 5.56 Å². The van der Waals surface area contributed by atoms with Gasteiger partial charge in [-0.15, -0.1) is 11.3 Å². The maximum Gasteiger partial charge on any atom is 0.282 e. The lowest BCUT2D eigenvalue weighted by Crippen LogP contribution is -2.35. The Balaban J connectivity index is 1.66. The van der Waals surface area contributed by atoms with Crippen molar-refractivity contribution >= 4 is 28.1 Å². The van der Waals surface area contributed by atoms with Gasteiger partial charge in [-0.3, -0.25) is 25.1 Å². The van der Waals surface area contributed by atoms with E-state index in [1.807, 2.05) is 5.38 Å². The normalized spacial score (nSPS) is 15.2. The average Bonchev–Trinajstić information content (AvgIpc) is 3.02. The average molecular weight is 348 g/mol.